The van der Waals surface area contributed by atoms with Crippen LogP contribution in [0.1, 0.15) is 44.7 Å². The molecule has 10 heteroatoms. The van der Waals surface area contributed by atoms with Crippen LogP contribution in [0, 0.1) is 5.92 Å². The summed E-state index contributed by atoms with van der Waals surface area (Å²) < 4.78 is 11.5. The summed E-state index contributed by atoms with van der Waals surface area (Å²) in [7, 11) is 5.79. The van der Waals surface area contributed by atoms with Crippen molar-refractivity contribution in [1.29, 1.82) is 0 Å². The summed E-state index contributed by atoms with van der Waals surface area (Å²) in [6, 6.07) is 7.13. The smallest absolute Gasteiger partial charge is 0.151 e. The second-order valence-corrected chi connectivity index (χ2v) is 12.5. The van der Waals surface area contributed by atoms with Crippen LogP contribution in [-0.4, -0.2) is 104 Å². The summed E-state index contributed by atoms with van der Waals surface area (Å²) in [5.41, 5.74) is 11.7. The molecule has 232 valence electrons. The summed E-state index contributed by atoms with van der Waals surface area (Å²) in [6.07, 6.45) is 8.65. The van der Waals surface area contributed by atoms with Gasteiger partial charge < -0.3 is 30.3 Å². The quantitative estimate of drug-likeness (QED) is 0.376. The van der Waals surface area contributed by atoms with Gasteiger partial charge in [0.05, 0.1) is 24.6 Å². The Labute approximate surface area is 256 Å². The van der Waals surface area contributed by atoms with Crippen molar-refractivity contribution in [2.24, 2.45) is 5.92 Å². The third-order valence-electron chi connectivity index (χ3n) is 9.87. The number of nitrogen functional groups attached to an aromatic ring is 1. The average molecular weight is 589 g/mol. The molecule has 3 aliphatic rings. The molecule has 0 spiro atoms. The number of nitrogens with one attached hydrogen (secondary N) is 1. The Kier molecular flexibility index (Phi) is 9.16. The minimum absolute atomic E-state index is 0.360. The van der Waals surface area contributed by atoms with E-state index in [4.69, 9.17) is 25.2 Å². The summed E-state index contributed by atoms with van der Waals surface area (Å²) >= 11 is 0. The maximum Gasteiger partial charge on any atom is 0.151 e. The van der Waals surface area contributed by atoms with Crippen molar-refractivity contribution in [3.8, 4) is 16.9 Å². The van der Waals surface area contributed by atoms with Crippen molar-refractivity contribution in [1.82, 2.24) is 24.8 Å². The van der Waals surface area contributed by atoms with Crippen LogP contribution in [0.25, 0.3) is 22.2 Å². The average Bonchev–Trinajstić information content (AvgIpc) is 3.52. The van der Waals surface area contributed by atoms with E-state index in [2.05, 4.69) is 57.2 Å². The molecule has 1 aromatic carbocycles. The van der Waals surface area contributed by atoms with Crippen molar-refractivity contribution >= 4 is 28.4 Å². The molecule has 0 bridgehead atoms. The van der Waals surface area contributed by atoms with Crippen LogP contribution < -0.4 is 20.7 Å². The third-order valence-corrected chi connectivity index (χ3v) is 9.87. The van der Waals surface area contributed by atoms with Crippen LogP contribution in [0.3, 0.4) is 0 Å². The Morgan fingerprint density at radius 1 is 0.977 bits per heavy atom. The summed E-state index contributed by atoms with van der Waals surface area (Å²) in [4.78, 5) is 22.2. The fourth-order valence-electron chi connectivity index (χ4n) is 7.13. The van der Waals surface area contributed by atoms with E-state index in [1.807, 2.05) is 13.3 Å². The van der Waals surface area contributed by atoms with Gasteiger partial charge in [0.15, 0.2) is 5.82 Å². The molecule has 1 saturated carbocycles. The number of hydrogen-bond donors (Lipinski definition) is 2. The first-order chi connectivity index (χ1) is 21.0. The number of piperidine rings is 1. The van der Waals surface area contributed by atoms with Crippen molar-refractivity contribution in [2.75, 3.05) is 83.0 Å². The molecular weight excluding hydrogens is 540 g/mol. The second kappa shape index (κ2) is 13.2. The number of hydrogen-bond acceptors (Lipinski definition) is 10. The van der Waals surface area contributed by atoms with Gasteiger partial charge in [-0.05, 0) is 69.2 Å². The van der Waals surface area contributed by atoms with E-state index < -0.39 is 0 Å². The van der Waals surface area contributed by atoms with Gasteiger partial charge >= 0.3 is 0 Å². The number of nitrogens with two attached hydrogens (primary N) is 1. The third kappa shape index (κ3) is 6.37. The molecule has 2 atom stereocenters. The van der Waals surface area contributed by atoms with Gasteiger partial charge in [0.1, 0.15) is 22.6 Å². The number of fused-ring (bicyclic) bond motifs is 1. The first kappa shape index (κ1) is 29.8. The maximum absolute atomic E-state index is 6.35. The summed E-state index contributed by atoms with van der Waals surface area (Å²) in [6.45, 7) is 9.72. The number of likely N-dealkylation sites (N-methyl/N-ethyl adjacent to an activating group) is 1. The fourth-order valence-corrected chi connectivity index (χ4v) is 7.13. The van der Waals surface area contributed by atoms with Gasteiger partial charge in [-0.15, -0.1) is 0 Å². The summed E-state index contributed by atoms with van der Waals surface area (Å²) in [5.74, 6) is 2.66. The van der Waals surface area contributed by atoms with Crippen LogP contribution in [-0.2, 0) is 11.2 Å². The highest BCUT2D eigenvalue weighted by Gasteiger charge is 2.28. The minimum Gasteiger partial charge on any atom is -0.495 e. The highest BCUT2D eigenvalue weighted by molar-refractivity contribution is 5.97. The fraction of sp³-hybridized carbons (Fsp3) is 0.606. The lowest BCUT2D eigenvalue weighted by Gasteiger charge is -2.42. The monoisotopic (exact) mass is 588 g/mol. The predicted molar refractivity (Wildman–Crippen MR) is 174 cm³/mol. The SMILES string of the molecule is CCc1nc2c(N)ncc(-c3ccc(N4CCC(N5CCN(C)CC5)CC4)c(OC)c3)c2nc1NCC1CCC(OC)C1. The number of nitrogens with zero attached hydrogens (tertiary/aromatic N) is 6. The topological polar surface area (TPSA) is 105 Å². The van der Waals surface area contributed by atoms with E-state index in [1.54, 1.807) is 7.11 Å². The van der Waals surface area contributed by atoms with Gasteiger partial charge in [0.25, 0.3) is 0 Å². The van der Waals surface area contributed by atoms with Crippen molar-refractivity contribution < 1.29 is 9.47 Å². The highest BCUT2D eigenvalue weighted by Crippen LogP contribution is 2.38. The molecule has 0 radical (unpaired) electrons. The van der Waals surface area contributed by atoms with Gasteiger partial charge in [-0.1, -0.05) is 13.0 Å². The lowest BCUT2D eigenvalue weighted by Crippen LogP contribution is -2.52. The van der Waals surface area contributed by atoms with Gasteiger partial charge in [0.2, 0.25) is 0 Å². The minimum atomic E-state index is 0.360. The van der Waals surface area contributed by atoms with Crippen LogP contribution in [0.15, 0.2) is 24.4 Å². The van der Waals surface area contributed by atoms with E-state index in [0.29, 0.717) is 29.4 Å². The lowest BCUT2D eigenvalue weighted by molar-refractivity contribution is 0.0981. The van der Waals surface area contributed by atoms with Crippen LogP contribution in [0.2, 0.25) is 0 Å². The van der Waals surface area contributed by atoms with Gasteiger partial charge in [-0.3, -0.25) is 4.90 Å². The number of rotatable bonds is 9. The number of ether oxygens (including phenoxy) is 2. The van der Waals surface area contributed by atoms with Crippen molar-refractivity contribution in [2.45, 2.75) is 57.6 Å². The zero-order valence-corrected chi connectivity index (χ0v) is 26.3. The molecule has 10 nitrogen and oxygen atoms in total. The second-order valence-electron chi connectivity index (χ2n) is 12.5. The van der Waals surface area contributed by atoms with Crippen LogP contribution >= 0.6 is 0 Å². The largest absolute Gasteiger partial charge is 0.495 e. The molecule has 3 aromatic rings. The normalized spacial score (nSPS) is 22.4. The summed E-state index contributed by atoms with van der Waals surface area (Å²) in [5, 5.41) is 3.62. The Morgan fingerprint density at radius 3 is 2.47 bits per heavy atom. The molecule has 43 heavy (non-hydrogen) atoms. The van der Waals surface area contributed by atoms with E-state index >= 15 is 0 Å². The van der Waals surface area contributed by atoms with Crippen LogP contribution in [0.4, 0.5) is 17.3 Å². The van der Waals surface area contributed by atoms with Gasteiger partial charge in [-0.25, -0.2) is 15.0 Å². The van der Waals surface area contributed by atoms with E-state index in [0.717, 1.165) is 84.9 Å². The molecular formula is C33H48N8O2. The molecule has 0 amide bonds. The number of pyridine rings is 1. The molecule has 2 unspecified atom stereocenters. The molecule has 2 saturated heterocycles. The van der Waals surface area contributed by atoms with Crippen molar-refractivity contribution in [3.63, 3.8) is 0 Å². The van der Waals surface area contributed by atoms with E-state index in [-0.39, 0.29) is 0 Å². The number of anilines is 3. The molecule has 2 aliphatic heterocycles. The number of methoxy groups -OCH3 is 2. The van der Waals surface area contributed by atoms with E-state index in [1.165, 1.54) is 39.0 Å². The molecule has 1 aliphatic carbocycles. The van der Waals surface area contributed by atoms with Crippen molar-refractivity contribution in [3.05, 3.63) is 30.1 Å². The Hall–Kier alpha value is -3.21. The number of aryl methyl sites for hydroxylation is 1. The van der Waals surface area contributed by atoms with Crippen LogP contribution in [0.5, 0.6) is 5.75 Å². The molecule has 2 aromatic heterocycles. The zero-order chi connectivity index (χ0) is 29.9. The zero-order valence-electron chi connectivity index (χ0n) is 26.3. The Bertz CT molecular complexity index is 1400. The number of aromatic nitrogens is 3. The van der Waals surface area contributed by atoms with Gasteiger partial charge in [-0.2, -0.15) is 0 Å². The number of benzene rings is 1. The molecule has 4 heterocycles. The number of piperazine rings is 1. The Balaban J connectivity index is 1.23. The lowest BCUT2D eigenvalue weighted by atomic mass is 10.00. The highest BCUT2D eigenvalue weighted by atomic mass is 16.5. The van der Waals surface area contributed by atoms with E-state index in [9.17, 15) is 0 Å². The first-order valence-corrected chi connectivity index (χ1v) is 16.0. The van der Waals surface area contributed by atoms with Gasteiger partial charge in [0, 0.05) is 70.7 Å². The maximum atomic E-state index is 6.35. The standard InChI is InChI=1S/C33H48N8O2/c1-5-27-33(36-20-22-6-8-25(18-22)42-3)38-30-26(21-35-32(34)31(30)37-27)23-7-9-28(29(19-23)43-4)41-12-10-24(11-13-41)40-16-14-39(2)15-17-40/h7,9,19,21-22,24-25H,5-6,8,10-18,20H2,1-4H3,(H2,34,35)(H,36,38). The molecule has 3 N–H and O–H groups in total. The molecule has 6 rings (SSSR count). The first-order valence-electron chi connectivity index (χ1n) is 16.0. The Morgan fingerprint density at radius 2 is 1.77 bits per heavy atom. The predicted octanol–water partition coefficient (Wildman–Crippen LogP) is 4.29. The molecule has 3 fully saturated rings.